The van der Waals surface area contributed by atoms with Crippen molar-refractivity contribution in [3.8, 4) is 17.1 Å². The van der Waals surface area contributed by atoms with Crippen LogP contribution in [0.25, 0.3) is 11.3 Å². The molecular weight excluding hydrogens is 291 g/mol. The van der Waals surface area contributed by atoms with Gasteiger partial charge < -0.3 is 4.74 Å². The van der Waals surface area contributed by atoms with Crippen LogP contribution in [0, 0.1) is 5.82 Å². The van der Waals surface area contributed by atoms with Crippen molar-refractivity contribution < 1.29 is 13.5 Å². The van der Waals surface area contributed by atoms with Crippen LogP contribution in [-0.4, -0.2) is 7.11 Å². The van der Waals surface area contributed by atoms with Crippen LogP contribution in [0.2, 0.25) is 0 Å². The van der Waals surface area contributed by atoms with Crippen molar-refractivity contribution in [3.05, 3.63) is 48.0 Å². The fraction of sp³-hybridized carbons (Fsp3) is 0.450. The highest BCUT2D eigenvalue weighted by Gasteiger charge is 2.14. The Hall–Kier alpha value is -1.90. The largest absolute Gasteiger partial charge is 0.494 e. The zero-order chi connectivity index (χ0) is 16.5. The van der Waals surface area contributed by atoms with Gasteiger partial charge in [0.1, 0.15) is 0 Å². The van der Waals surface area contributed by atoms with Crippen LogP contribution in [0.15, 0.2) is 41.0 Å². The number of halogens is 1. The van der Waals surface area contributed by atoms with Crippen LogP contribution < -0.4 is 4.74 Å². The van der Waals surface area contributed by atoms with Gasteiger partial charge in [-0.2, -0.15) is 0 Å². The van der Waals surface area contributed by atoms with Gasteiger partial charge in [0.15, 0.2) is 11.6 Å². The fourth-order valence-electron chi connectivity index (χ4n) is 2.64. The van der Waals surface area contributed by atoms with Gasteiger partial charge in [0.05, 0.1) is 12.7 Å². The van der Waals surface area contributed by atoms with E-state index in [9.17, 15) is 4.39 Å². The molecule has 2 rings (SSSR count). The predicted molar refractivity (Wildman–Crippen MR) is 92.1 cm³/mol. The third-order valence-electron chi connectivity index (χ3n) is 4.04. The Morgan fingerprint density at radius 3 is 2.43 bits per heavy atom. The molecular formula is C20H26FO2+. The van der Waals surface area contributed by atoms with E-state index in [1.54, 1.807) is 18.4 Å². The lowest BCUT2D eigenvalue weighted by Gasteiger charge is -2.01. The highest BCUT2D eigenvalue weighted by Crippen LogP contribution is 2.26. The molecule has 0 saturated heterocycles. The Bertz CT molecular complexity index is 593. The predicted octanol–water partition coefficient (Wildman–Crippen LogP) is 6.28. The van der Waals surface area contributed by atoms with Crippen LogP contribution in [0.1, 0.15) is 51.0 Å². The molecule has 0 saturated carbocycles. The molecule has 0 bridgehead atoms. The van der Waals surface area contributed by atoms with Crippen molar-refractivity contribution in [1.29, 1.82) is 0 Å². The van der Waals surface area contributed by atoms with Gasteiger partial charge in [0, 0.05) is 11.6 Å². The molecule has 3 heteroatoms. The number of aryl methyl sites for hydroxylation is 1. The Kier molecular flexibility index (Phi) is 7.05. The average Bonchev–Trinajstić information content (AvgIpc) is 2.58. The molecule has 0 N–H and O–H groups in total. The van der Waals surface area contributed by atoms with Crippen LogP contribution >= 0.6 is 0 Å². The summed E-state index contributed by atoms with van der Waals surface area (Å²) in [6.07, 6.45) is 10.5. The lowest BCUT2D eigenvalue weighted by molar-refractivity contribution is 0.386. The Balaban J connectivity index is 1.88. The fourth-order valence-corrected chi connectivity index (χ4v) is 2.64. The van der Waals surface area contributed by atoms with Crippen molar-refractivity contribution in [3.63, 3.8) is 0 Å². The van der Waals surface area contributed by atoms with Gasteiger partial charge in [-0.1, -0.05) is 39.0 Å². The van der Waals surface area contributed by atoms with Crippen LogP contribution in [0.4, 0.5) is 4.39 Å². The van der Waals surface area contributed by atoms with E-state index in [0.717, 1.165) is 12.0 Å². The van der Waals surface area contributed by atoms with E-state index < -0.39 is 0 Å². The number of rotatable bonds is 9. The van der Waals surface area contributed by atoms with Crippen molar-refractivity contribution in [1.82, 2.24) is 0 Å². The second-order valence-corrected chi connectivity index (χ2v) is 5.88. The summed E-state index contributed by atoms with van der Waals surface area (Å²) in [6, 6.07) is 8.82. The molecule has 1 aromatic carbocycles. The summed E-state index contributed by atoms with van der Waals surface area (Å²) in [6.45, 7) is 2.23. The summed E-state index contributed by atoms with van der Waals surface area (Å²) in [4.78, 5) is 0. The van der Waals surface area contributed by atoms with Crippen molar-refractivity contribution >= 4 is 0 Å². The highest BCUT2D eigenvalue weighted by atomic mass is 19.1. The van der Waals surface area contributed by atoms with E-state index in [-0.39, 0.29) is 11.6 Å². The van der Waals surface area contributed by atoms with Crippen molar-refractivity contribution in [2.75, 3.05) is 7.11 Å². The number of unbranched alkanes of at least 4 members (excludes halogenated alkanes) is 5. The van der Waals surface area contributed by atoms with Crippen molar-refractivity contribution in [2.45, 2.75) is 51.9 Å². The second-order valence-electron chi connectivity index (χ2n) is 5.88. The third kappa shape index (κ3) is 5.34. The summed E-state index contributed by atoms with van der Waals surface area (Å²) >= 11 is 0. The maximum absolute atomic E-state index is 13.7. The van der Waals surface area contributed by atoms with Gasteiger partial charge in [-0.25, -0.2) is 8.81 Å². The Morgan fingerprint density at radius 2 is 1.78 bits per heavy atom. The Labute approximate surface area is 138 Å². The number of benzene rings is 1. The van der Waals surface area contributed by atoms with Crippen molar-refractivity contribution in [2.24, 2.45) is 0 Å². The lowest BCUT2D eigenvalue weighted by atomic mass is 10.1. The molecule has 0 spiro atoms. The monoisotopic (exact) mass is 317 g/mol. The minimum absolute atomic E-state index is 0.244. The SMILES string of the molecule is CCCCCCCCc1ccc(-c2ccc(OC)c(F)c2)[o+]c1. The van der Waals surface area contributed by atoms with Crippen LogP contribution in [-0.2, 0) is 6.42 Å². The van der Waals surface area contributed by atoms with E-state index in [0.29, 0.717) is 5.76 Å². The zero-order valence-electron chi connectivity index (χ0n) is 14.1. The Morgan fingerprint density at radius 1 is 1.00 bits per heavy atom. The summed E-state index contributed by atoms with van der Waals surface area (Å²) in [7, 11) is 1.46. The molecule has 2 aromatic rings. The second kappa shape index (κ2) is 9.29. The molecule has 0 aliphatic heterocycles. The molecule has 124 valence electrons. The van der Waals surface area contributed by atoms with Gasteiger partial charge >= 0.3 is 12.0 Å². The normalized spacial score (nSPS) is 10.7. The molecule has 1 aromatic heterocycles. The van der Waals surface area contributed by atoms with Gasteiger partial charge in [0.25, 0.3) is 0 Å². The molecule has 0 aliphatic rings. The minimum atomic E-state index is -0.378. The van der Waals surface area contributed by atoms with E-state index >= 15 is 0 Å². The first kappa shape index (κ1) is 17.5. The number of ether oxygens (including phenoxy) is 1. The number of methoxy groups -OCH3 is 1. The third-order valence-corrected chi connectivity index (χ3v) is 4.04. The van der Waals surface area contributed by atoms with Gasteiger partial charge in [-0.05, 0) is 37.1 Å². The van der Waals surface area contributed by atoms with E-state index in [4.69, 9.17) is 9.15 Å². The van der Waals surface area contributed by atoms with Gasteiger partial charge in [0.2, 0.25) is 0 Å². The smallest absolute Gasteiger partial charge is 0.359 e. The van der Waals surface area contributed by atoms with Gasteiger partial charge in [-0.3, -0.25) is 0 Å². The lowest BCUT2D eigenvalue weighted by Crippen LogP contribution is -1.89. The first-order valence-corrected chi connectivity index (χ1v) is 8.49. The van der Waals surface area contributed by atoms with E-state index in [1.165, 1.54) is 57.3 Å². The number of hydrogen-bond donors (Lipinski definition) is 0. The molecule has 0 unspecified atom stereocenters. The summed E-state index contributed by atoms with van der Waals surface area (Å²) in [5.74, 6) is 0.531. The standard InChI is InChI=1S/C20H26FO2/c1-3-4-5-6-7-8-9-16-10-12-19(23-15-16)17-11-13-20(22-2)18(21)14-17/h10-15H,3-9H2,1-2H3/q+1. The first-order valence-electron chi connectivity index (χ1n) is 8.49. The van der Waals surface area contributed by atoms with Gasteiger partial charge in [-0.15, -0.1) is 0 Å². The molecule has 2 nitrogen and oxygen atoms in total. The van der Waals surface area contributed by atoms with E-state index in [2.05, 4.69) is 13.0 Å². The molecule has 0 atom stereocenters. The maximum Gasteiger partial charge on any atom is 0.359 e. The first-order chi connectivity index (χ1) is 11.2. The summed E-state index contributed by atoms with van der Waals surface area (Å²) < 4.78 is 24.3. The molecule has 0 aliphatic carbocycles. The molecule has 0 radical (unpaired) electrons. The minimum Gasteiger partial charge on any atom is -0.494 e. The highest BCUT2D eigenvalue weighted by molar-refractivity contribution is 5.58. The zero-order valence-corrected chi connectivity index (χ0v) is 14.1. The topological polar surface area (TPSA) is 20.5 Å². The molecule has 23 heavy (non-hydrogen) atoms. The van der Waals surface area contributed by atoms with Crippen LogP contribution in [0.5, 0.6) is 5.75 Å². The average molecular weight is 317 g/mol. The maximum atomic E-state index is 13.7. The summed E-state index contributed by atoms with van der Waals surface area (Å²) in [5.41, 5.74) is 1.91. The molecule has 1 heterocycles. The van der Waals surface area contributed by atoms with E-state index in [1.807, 2.05) is 6.07 Å². The molecule has 0 amide bonds. The number of hydrogen-bond acceptors (Lipinski definition) is 1. The molecule has 0 fully saturated rings. The quantitative estimate of drug-likeness (QED) is 0.401. The summed E-state index contributed by atoms with van der Waals surface area (Å²) in [5, 5.41) is 0. The van der Waals surface area contributed by atoms with Crippen LogP contribution in [0.3, 0.4) is 0 Å².